The van der Waals surface area contributed by atoms with E-state index in [9.17, 15) is 18.0 Å². The van der Waals surface area contributed by atoms with Gasteiger partial charge in [-0.2, -0.15) is 13.2 Å². The molecule has 1 aromatic rings. The van der Waals surface area contributed by atoms with Gasteiger partial charge in [-0.25, -0.2) is 4.98 Å². The molecule has 1 heterocycles. The summed E-state index contributed by atoms with van der Waals surface area (Å²) in [5, 5.41) is -0.938. The molecule has 1 saturated carbocycles. The number of thiazole rings is 1. The molecule has 0 saturated heterocycles. The maximum absolute atomic E-state index is 12.3. The summed E-state index contributed by atoms with van der Waals surface area (Å²) in [5.41, 5.74) is 0. The minimum absolute atomic E-state index is 0.125. The normalized spacial score (nSPS) is 17.3. The Morgan fingerprint density at radius 2 is 2.06 bits per heavy atom. The average Bonchev–Trinajstić information content (AvgIpc) is 2.96. The fourth-order valence-corrected chi connectivity index (χ4v) is 3.04. The molecular weight excluding hydrogens is 263 g/mol. The number of alkyl halides is 3. The zero-order chi connectivity index (χ0) is 13.2. The van der Waals surface area contributed by atoms with Crippen LogP contribution in [0, 0.1) is 5.92 Å². The molecule has 0 bridgehead atoms. The Morgan fingerprint density at radius 1 is 1.39 bits per heavy atom. The molecule has 2 nitrogen and oxygen atoms in total. The molecule has 0 N–H and O–H groups in total. The summed E-state index contributed by atoms with van der Waals surface area (Å²) in [6, 6.07) is 0. The van der Waals surface area contributed by atoms with Crippen molar-refractivity contribution in [1.82, 2.24) is 4.98 Å². The first-order valence-electron chi connectivity index (χ1n) is 6.03. The van der Waals surface area contributed by atoms with Crippen molar-refractivity contribution in [3.05, 3.63) is 16.1 Å². The molecule has 1 aliphatic rings. The van der Waals surface area contributed by atoms with E-state index in [1.165, 1.54) is 12.8 Å². The molecule has 6 heteroatoms. The lowest BCUT2D eigenvalue weighted by molar-refractivity contribution is -0.137. The summed E-state index contributed by atoms with van der Waals surface area (Å²) >= 11 is 0.445. The number of Topliss-reactive ketones (excluding diaryl/α,β-unsaturated/α-hetero) is 1. The van der Waals surface area contributed by atoms with Gasteiger partial charge in [-0.1, -0.05) is 25.7 Å². The van der Waals surface area contributed by atoms with E-state index in [2.05, 4.69) is 4.98 Å². The summed E-state index contributed by atoms with van der Waals surface area (Å²) in [6.45, 7) is 0. The summed E-state index contributed by atoms with van der Waals surface area (Å²) in [4.78, 5) is 15.1. The second kappa shape index (κ2) is 5.38. The molecule has 1 aromatic heterocycles. The first kappa shape index (κ1) is 13.5. The first-order valence-corrected chi connectivity index (χ1v) is 6.84. The van der Waals surface area contributed by atoms with Crippen molar-refractivity contribution in [2.75, 3.05) is 0 Å². The largest absolute Gasteiger partial charge is 0.443 e. The molecule has 100 valence electrons. The van der Waals surface area contributed by atoms with Gasteiger partial charge in [-0.05, 0) is 12.3 Å². The van der Waals surface area contributed by atoms with Gasteiger partial charge in [0.05, 0.1) is 4.88 Å². The Hall–Kier alpha value is -0.910. The summed E-state index contributed by atoms with van der Waals surface area (Å²) in [6.07, 6.45) is 2.42. The standard InChI is InChI=1S/C12H14F3NOS/c13-12(14,15)11-16-7-10(18-11)9(17)6-5-8-3-1-2-4-8/h7-8H,1-6H2. The Morgan fingerprint density at radius 3 is 2.61 bits per heavy atom. The van der Waals surface area contributed by atoms with Gasteiger partial charge in [0.25, 0.3) is 0 Å². The van der Waals surface area contributed by atoms with Crippen LogP contribution in [-0.2, 0) is 6.18 Å². The number of hydrogen-bond acceptors (Lipinski definition) is 3. The van der Waals surface area contributed by atoms with E-state index in [0.29, 0.717) is 23.7 Å². The number of rotatable bonds is 4. The molecule has 0 atom stereocenters. The molecule has 1 aliphatic carbocycles. The highest BCUT2D eigenvalue weighted by Crippen LogP contribution is 2.33. The van der Waals surface area contributed by atoms with Gasteiger partial charge in [-0.3, -0.25) is 4.79 Å². The number of nitrogens with zero attached hydrogens (tertiary/aromatic N) is 1. The minimum atomic E-state index is -4.45. The van der Waals surface area contributed by atoms with E-state index in [4.69, 9.17) is 0 Å². The molecule has 1 fully saturated rings. The molecule has 0 aromatic carbocycles. The first-order chi connectivity index (χ1) is 8.47. The van der Waals surface area contributed by atoms with Crippen molar-refractivity contribution in [3.8, 4) is 0 Å². The van der Waals surface area contributed by atoms with Crippen molar-refractivity contribution in [2.24, 2.45) is 5.92 Å². The predicted molar refractivity (Wildman–Crippen MR) is 62.6 cm³/mol. The maximum Gasteiger partial charge on any atom is 0.443 e. The zero-order valence-corrected chi connectivity index (χ0v) is 10.6. The number of ketones is 1. The Kier molecular flexibility index (Phi) is 4.04. The van der Waals surface area contributed by atoms with Crippen LogP contribution in [0.25, 0.3) is 0 Å². The van der Waals surface area contributed by atoms with Crippen molar-refractivity contribution in [1.29, 1.82) is 0 Å². The molecule has 0 unspecified atom stereocenters. The summed E-state index contributed by atoms with van der Waals surface area (Å²) in [5.74, 6) is 0.360. The molecule has 0 aliphatic heterocycles. The highest BCUT2D eigenvalue weighted by Gasteiger charge is 2.35. The van der Waals surface area contributed by atoms with Crippen molar-refractivity contribution in [3.63, 3.8) is 0 Å². The molecule has 18 heavy (non-hydrogen) atoms. The van der Waals surface area contributed by atoms with Crippen LogP contribution in [0.1, 0.15) is 53.2 Å². The van der Waals surface area contributed by atoms with Crippen LogP contribution in [0.3, 0.4) is 0 Å². The number of hydrogen-bond donors (Lipinski definition) is 0. The fourth-order valence-electron chi connectivity index (χ4n) is 2.29. The molecule has 2 rings (SSSR count). The number of carbonyl (C=O) groups excluding carboxylic acids is 1. The van der Waals surface area contributed by atoms with E-state index in [1.54, 1.807) is 0 Å². The van der Waals surface area contributed by atoms with Crippen LogP contribution < -0.4 is 0 Å². The van der Waals surface area contributed by atoms with Gasteiger partial charge in [0.15, 0.2) is 10.8 Å². The van der Waals surface area contributed by atoms with Gasteiger partial charge < -0.3 is 0 Å². The van der Waals surface area contributed by atoms with Crippen LogP contribution in [0.5, 0.6) is 0 Å². The van der Waals surface area contributed by atoms with Crippen molar-refractivity contribution < 1.29 is 18.0 Å². The highest BCUT2D eigenvalue weighted by atomic mass is 32.1. The van der Waals surface area contributed by atoms with Crippen LogP contribution in [0.4, 0.5) is 13.2 Å². The maximum atomic E-state index is 12.3. The Balaban J connectivity index is 1.90. The summed E-state index contributed by atoms with van der Waals surface area (Å²) in [7, 11) is 0. The average molecular weight is 277 g/mol. The Labute approximate surface area is 107 Å². The molecule has 0 spiro atoms. The number of aromatic nitrogens is 1. The van der Waals surface area contributed by atoms with Crippen molar-refractivity contribution >= 4 is 17.1 Å². The van der Waals surface area contributed by atoms with Gasteiger partial charge in [0, 0.05) is 12.6 Å². The number of carbonyl (C=O) groups is 1. The third-order valence-corrected chi connectivity index (χ3v) is 4.36. The van der Waals surface area contributed by atoms with Crippen LogP contribution in [-0.4, -0.2) is 10.8 Å². The second-order valence-corrected chi connectivity index (χ2v) is 5.67. The molecule has 0 radical (unpaired) electrons. The monoisotopic (exact) mass is 277 g/mol. The SMILES string of the molecule is O=C(CCC1CCCC1)c1cnc(C(F)(F)F)s1. The van der Waals surface area contributed by atoms with Gasteiger partial charge >= 0.3 is 6.18 Å². The lowest BCUT2D eigenvalue weighted by atomic mass is 10.00. The topological polar surface area (TPSA) is 30.0 Å². The smallest absolute Gasteiger partial charge is 0.293 e. The van der Waals surface area contributed by atoms with Crippen LogP contribution in [0.2, 0.25) is 0 Å². The quantitative estimate of drug-likeness (QED) is 0.767. The lowest BCUT2D eigenvalue weighted by Crippen LogP contribution is -2.03. The second-order valence-electron chi connectivity index (χ2n) is 4.64. The van der Waals surface area contributed by atoms with E-state index in [0.717, 1.165) is 25.5 Å². The minimum Gasteiger partial charge on any atom is -0.293 e. The van der Waals surface area contributed by atoms with E-state index < -0.39 is 11.2 Å². The van der Waals surface area contributed by atoms with Crippen LogP contribution in [0.15, 0.2) is 6.20 Å². The number of halogens is 3. The van der Waals surface area contributed by atoms with E-state index in [-0.39, 0.29) is 10.7 Å². The molecular formula is C12H14F3NOS. The Bertz CT molecular complexity index is 421. The van der Waals surface area contributed by atoms with Gasteiger partial charge in [0.2, 0.25) is 0 Å². The van der Waals surface area contributed by atoms with Crippen molar-refractivity contribution in [2.45, 2.75) is 44.7 Å². The third kappa shape index (κ3) is 3.31. The van der Waals surface area contributed by atoms with E-state index >= 15 is 0 Å². The van der Waals surface area contributed by atoms with Gasteiger partial charge in [0.1, 0.15) is 0 Å². The lowest BCUT2D eigenvalue weighted by Gasteiger charge is -2.06. The predicted octanol–water partition coefficient (Wildman–Crippen LogP) is 4.32. The van der Waals surface area contributed by atoms with E-state index in [1.807, 2.05) is 0 Å². The summed E-state index contributed by atoms with van der Waals surface area (Å²) < 4.78 is 37.0. The fraction of sp³-hybridized carbons (Fsp3) is 0.667. The zero-order valence-electron chi connectivity index (χ0n) is 9.79. The third-order valence-electron chi connectivity index (χ3n) is 3.28. The highest BCUT2D eigenvalue weighted by molar-refractivity contribution is 7.13. The van der Waals surface area contributed by atoms with Crippen LogP contribution >= 0.6 is 11.3 Å². The molecule has 0 amide bonds. The van der Waals surface area contributed by atoms with Gasteiger partial charge in [-0.15, -0.1) is 11.3 Å².